The maximum absolute atomic E-state index is 11.8. The molecule has 2 N–H and O–H groups in total. The van der Waals surface area contributed by atoms with E-state index in [9.17, 15) is 27.9 Å². The Bertz CT molecular complexity index is 5830. The number of fused-ring (bicyclic) bond motifs is 8. The SMILES string of the molecule is CC(=O)C=C(C)O.CC(C)(C)c1c[c-]c(-c2nccc3ccccc23)cc1.O=C(C=C(O)c1ccccc1)C(F)(F)F.[Dy].[Ir].[Ir].[Ir].[Ir].[c-]1cc2ccccc2cc1-c1cc2ccccc2cn1.[c-]1ccccc1-c1cc2ccccc2cn1.[c-]1ccccc1-c1nccc2ccccc12.c1cnc2c(c1)ccc1cccnc12. The number of carbonyl (C=O) groups excluding carboxylic acids is 2. The molecule has 18 heteroatoms. The quantitative estimate of drug-likeness (QED) is 0.0683. The molecule has 0 fully saturated rings. The molecular weight excluding hydrogens is 2280 g/mol. The van der Waals surface area contributed by atoms with Crippen molar-refractivity contribution in [1.29, 1.82) is 0 Å². The van der Waals surface area contributed by atoms with Gasteiger partial charge in [0.05, 0.1) is 16.8 Å². The molecule has 11 aromatic carbocycles. The number of rotatable bonds is 7. The van der Waals surface area contributed by atoms with Gasteiger partial charge in [0.2, 0.25) is 0 Å². The van der Waals surface area contributed by atoms with Crippen LogP contribution >= 0.6 is 0 Å². The molecule has 6 heterocycles. The van der Waals surface area contributed by atoms with E-state index in [1.54, 1.807) is 18.5 Å². The van der Waals surface area contributed by atoms with E-state index in [1.165, 1.54) is 98.2 Å². The van der Waals surface area contributed by atoms with Crippen LogP contribution in [0.1, 0.15) is 45.7 Å². The molecule has 17 rings (SSSR count). The Kier molecular flexibility index (Phi) is 36.8. The molecule has 578 valence electrons. The molecule has 0 atom stereocenters. The van der Waals surface area contributed by atoms with Crippen molar-refractivity contribution in [3.63, 3.8) is 0 Å². The van der Waals surface area contributed by atoms with Gasteiger partial charge in [-0.25, -0.2) is 0 Å². The zero-order valence-corrected chi connectivity index (χ0v) is 73.1. The predicted molar refractivity (Wildman–Crippen MR) is 432 cm³/mol. The fourth-order valence-electron chi connectivity index (χ4n) is 11.4. The first-order chi connectivity index (χ1) is 52.3. The smallest absolute Gasteiger partial charge is 0.454 e. The summed E-state index contributed by atoms with van der Waals surface area (Å²) < 4.78 is 35.5. The second kappa shape index (κ2) is 45.2. The van der Waals surface area contributed by atoms with Crippen molar-refractivity contribution in [1.82, 2.24) is 29.9 Å². The van der Waals surface area contributed by atoms with Crippen LogP contribution in [0.4, 0.5) is 13.2 Å². The summed E-state index contributed by atoms with van der Waals surface area (Å²) in [5.74, 6) is -2.84. The molecule has 113 heavy (non-hydrogen) atoms. The van der Waals surface area contributed by atoms with Crippen molar-refractivity contribution in [2.75, 3.05) is 0 Å². The maximum atomic E-state index is 11.8. The summed E-state index contributed by atoms with van der Waals surface area (Å²) in [5, 5.41) is 31.8. The van der Waals surface area contributed by atoms with Crippen LogP contribution in [0.15, 0.2) is 346 Å². The third-order valence-electron chi connectivity index (χ3n) is 16.8. The van der Waals surface area contributed by atoms with E-state index in [0.717, 1.165) is 72.2 Å². The number of aromatic nitrogens is 6. The van der Waals surface area contributed by atoms with Crippen LogP contribution in [-0.2, 0) is 95.4 Å². The van der Waals surface area contributed by atoms with Crippen LogP contribution < -0.4 is 0 Å². The Morgan fingerprint density at radius 3 is 1.23 bits per heavy atom. The van der Waals surface area contributed by atoms with Crippen molar-refractivity contribution < 1.29 is 152 Å². The van der Waals surface area contributed by atoms with Gasteiger partial charge >= 0.3 is 6.18 Å². The van der Waals surface area contributed by atoms with Gasteiger partial charge in [-0.2, -0.15) is 13.2 Å². The van der Waals surface area contributed by atoms with Crippen LogP contribution in [0, 0.1) is 62.4 Å². The van der Waals surface area contributed by atoms with Gasteiger partial charge in [-0.1, -0.05) is 214 Å². The predicted octanol–water partition coefficient (Wildman–Crippen LogP) is 23.8. The standard InChI is InChI=1S/C19H12N.C19H18N.2C15H10N.C12H8N2.C10H7F3O2.C5H8O2.Dy.4Ir/c1-2-6-15-11-17(10-9-14(15)5-1)19-12-16-7-3-4-8-18(16)13-20-19;1-19(2,3)16-10-8-15(9-11-16)18-17-7-5-4-6-14(17)12-13-20-18;1-2-7-13(8-3-1)15-14-9-5-4-6-12(14)10-11-16-15;1-2-6-12(7-3-1)15-10-13-8-4-5-9-14(13)11-16-15;1-3-9-5-6-10-4-2-8-14-12(10)11(9)13-7-1;11-10(12,13)9(15)6-8(14)7-4-2-1-3-5-7;1-4(6)3-5(2)7;;;;;/h1-9,11-13H;4-8,10-13H,1-3H3;1-7,9-11H;1-6,8-11H;1-8H;1-6,14H;3,6H,1-2H3;;;;;/q4*-1;;;;;;;;. The van der Waals surface area contributed by atoms with Crippen molar-refractivity contribution in [2.24, 2.45) is 0 Å². The third kappa shape index (κ3) is 26.4. The number of ketones is 2. The summed E-state index contributed by atoms with van der Waals surface area (Å²) in [5.41, 5.74) is 11.7. The average Bonchev–Trinajstić information content (AvgIpc) is 0.817. The topological polar surface area (TPSA) is 152 Å². The van der Waals surface area contributed by atoms with E-state index < -0.39 is 17.7 Å². The van der Waals surface area contributed by atoms with Gasteiger partial charge in [0.15, 0.2) is 5.78 Å². The van der Waals surface area contributed by atoms with Gasteiger partial charge in [-0.15, -0.1) is 136 Å². The molecule has 0 amide bonds. The first-order valence-corrected chi connectivity index (χ1v) is 34.6. The molecule has 0 aliphatic carbocycles. The fraction of sp³-hybridized carbons (Fsp3) is 0.0737. The molecule has 4 radical (unpaired) electrons. The number of alkyl halides is 3. The maximum Gasteiger partial charge on any atom is 0.454 e. The monoisotopic (exact) mass is 2350 g/mol. The normalized spacial score (nSPS) is 10.7. The number of benzene rings is 11. The van der Waals surface area contributed by atoms with Crippen LogP contribution in [0.3, 0.4) is 0 Å². The van der Waals surface area contributed by atoms with E-state index in [2.05, 4.69) is 221 Å². The molecule has 0 aliphatic heterocycles. The Morgan fingerprint density at radius 1 is 0.372 bits per heavy atom. The molecule has 0 aliphatic rings. The van der Waals surface area contributed by atoms with Crippen LogP contribution in [0.25, 0.3) is 126 Å². The number of pyridine rings is 6. The molecule has 0 unspecified atom stereocenters. The van der Waals surface area contributed by atoms with Gasteiger partial charge in [-0.3, -0.25) is 19.6 Å². The van der Waals surface area contributed by atoms with E-state index in [4.69, 9.17) is 5.11 Å². The number of hydrogen-bond acceptors (Lipinski definition) is 10. The Labute approximate surface area is 739 Å². The number of aliphatic hydroxyl groups is 2. The van der Waals surface area contributed by atoms with Gasteiger partial charge in [0, 0.05) is 184 Å². The second-order valence-electron chi connectivity index (χ2n) is 25.7. The van der Waals surface area contributed by atoms with Gasteiger partial charge in [0.25, 0.3) is 5.78 Å². The number of allylic oxidation sites excluding steroid dienone is 3. The van der Waals surface area contributed by atoms with Crippen molar-refractivity contribution in [3.05, 3.63) is 382 Å². The average molecular weight is 2350 g/mol. The van der Waals surface area contributed by atoms with Crippen LogP contribution in [0.2, 0.25) is 0 Å². The van der Waals surface area contributed by atoms with Crippen LogP contribution in [0.5, 0.6) is 0 Å². The van der Waals surface area contributed by atoms with Gasteiger partial charge in [-0.05, 0) is 109 Å². The molecule has 0 bridgehead atoms. The third-order valence-corrected chi connectivity index (χ3v) is 16.8. The molecule has 6 aromatic heterocycles. The van der Waals surface area contributed by atoms with Crippen LogP contribution in [-0.4, -0.2) is 57.9 Å². The second-order valence-corrected chi connectivity index (χ2v) is 25.7. The molecule has 0 saturated carbocycles. The Balaban J connectivity index is 0.000000207. The zero-order valence-electron chi connectivity index (χ0n) is 61.5. The summed E-state index contributed by atoms with van der Waals surface area (Å²) in [6.07, 6.45) is 7.52. The van der Waals surface area contributed by atoms with Crippen molar-refractivity contribution in [2.45, 2.75) is 46.2 Å². The van der Waals surface area contributed by atoms with E-state index >= 15 is 0 Å². The van der Waals surface area contributed by atoms with Crippen molar-refractivity contribution in [3.8, 4) is 45.0 Å². The summed E-state index contributed by atoms with van der Waals surface area (Å²) in [6.45, 7) is 9.49. The minimum atomic E-state index is -4.96. The molecule has 10 nitrogen and oxygen atoms in total. The van der Waals surface area contributed by atoms with E-state index in [-0.39, 0.29) is 147 Å². The molecule has 0 spiro atoms. The van der Waals surface area contributed by atoms with Gasteiger partial charge in [0.1, 0.15) is 5.76 Å². The minimum absolute atomic E-state index is 0. The largest absolute Gasteiger partial charge is 0.512 e. The zero-order chi connectivity index (χ0) is 75.8. The first-order valence-electron chi connectivity index (χ1n) is 34.6. The number of aliphatic hydroxyl groups excluding tert-OH is 2. The summed E-state index contributed by atoms with van der Waals surface area (Å²) in [6, 6.07) is 109. The Hall–Kier alpha value is -9.78. The molecule has 17 aromatic rings. The minimum Gasteiger partial charge on any atom is -0.512 e. The van der Waals surface area contributed by atoms with E-state index in [1.807, 2.05) is 140 Å². The Morgan fingerprint density at radius 2 is 0.788 bits per heavy atom. The number of carbonyl (C=O) groups is 2. The summed E-state index contributed by atoms with van der Waals surface area (Å²) >= 11 is 0. The van der Waals surface area contributed by atoms with E-state index in [0.29, 0.717) is 0 Å². The molecular formula is C95H73DyF3Ir4N6O4-4. The summed E-state index contributed by atoms with van der Waals surface area (Å²) in [7, 11) is 0. The first kappa shape index (κ1) is 92.1. The number of halogens is 3. The van der Waals surface area contributed by atoms with Gasteiger partial charge < -0.3 is 30.1 Å². The fourth-order valence-corrected chi connectivity index (χ4v) is 11.4. The number of nitrogens with zero attached hydrogens (tertiary/aromatic N) is 6. The number of hydrogen-bond donors (Lipinski definition) is 2. The van der Waals surface area contributed by atoms with Crippen molar-refractivity contribution >= 4 is 93.0 Å². The summed E-state index contributed by atoms with van der Waals surface area (Å²) in [4.78, 5) is 47.2. The molecule has 0 saturated heterocycles.